The summed E-state index contributed by atoms with van der Waals surface area (Å²) in [5.74, 6) is 0.595. The molecule has 1 aliphatic rings. The van der Waals surface area contributed by atoms with E-state index in [0.29, 0.717) is 24.6 Å². The van der Waals surface area contributed by atoms with Crippen molar-refractivity contribution in [2.75, 3.05) is 24.6 Å². The van der Waals surface area contributed by atoms with Crippen LogP contribution in [0.2, 0.25) is 0 Å². The molecule has 0 amide bonds. The van der Waals surface area contributed by atoms with E-state index in [4.69, 9.17) is 14.5 Å². The lowest BCUT2D eigenvalue weighted by molar-refractivity contribution is -0.144. The number of esters is 1. The van der Waals surface area contributed by atoms with Gasteiger partial charge in [0.1, 0.15) is 18.0 Å². The van der Waals surface area contributed by atoms with Crippen LogP contribution in [-0.2, 0) is 23.2 Å². The number of aromatic nitrogens is 8. The third kappa shape index (κ3) is 5.63. The molecule has 0 saturated carbocycles. The van der Waals surface area contributed by atoms with Crippen molar-refractivity contribution in [1.29, 1.82) is 0 Å². The molecule has 5 heterocycles. The highest BCUT2D eigenvalue weighted by Crippen LogP contribution is 2.30. The Kier molecular flexibility index (Phi) is 7.57. The number of carbonyl (C=O) groups is 1. The largest absolute Gasteiger partial charge is 0.471 e. The zero-order valence-electron chi connectivity index (χ0n) is 21.8. The second-order valence-corrected chi connectivity index (χ2v) is 9.23. The summed E-state index contributed by atoms with van der Waals surface area (Å²) in [6.07, 6.45) is 7.39. The molecule has 0 aliphatic carbocycles. The minimum atomic E-state index is -0.123. The van der Waals surface area contributed by atoms with Gasteiger partial charge in [-0.1, -0.05) is 5.21 Å². The third-order valence-electron chi connectivity index (χ3n) is 6.59. The summed E-state index contributed by atoms with van der Waals surface area (Å²) in [7, 11) is 1.82. The number of aryl methyl sites for hydroxylation is 2. The summed E-state index contributed by atoms with van der Waals surface area (Å²) >= 11 is 0. The number of anilines is 1. The van der Waals surface area contributed by atoms with Crippen molar-refractivity contribution >= 4 is 11.7 Å². The molecular weight excluding hydrogens is 486 g/mol. The number of rotatable bonds is 9. The van der Waals surface area contributed by atoms with Crippen LogP contribution in [0.15, 0.2) is 42.9 Å². The van der Waals surface area contributed by atoms with Gasteiger partial charge in [0.15, 0.2) is 0 Å². The van der Waals surface area contributed by atoms with Crippen LogP contribution < -0.4 is 9.64 Å². The van der Waals surface area contributed by atoms with Gasteiger partial charge in [0, 0.05) is 32.4 Å². The molecule has 4 aromatic rings. The van der Waals surface area contributed by atoms with Gasteiger partial charge in [0.05, 0.1) is 48.2 Å². The molecule has 1 fully saturated rings. The highest BCUT2D eigenvalue weighted by molar-refractivity contribution is 5.70. The maximum atomic E-state index is 12.0. The third-order valence-corrected chi connectivity index (χ3v) is 6.59. The Labute approximate surface area is 220 Å². The number of pyridine rings is 2. The van der Waals surface area contributed by atoms with Gasteiger partial charge in [0.2, 0.25) is 5.88 Å². The van der Waals surface area contributed by atoms with E-state index in [1.54, 1.807) is 35.4 Å². The monoisotopic (exact) mass is 517 g/mol. The van der Waals surface area contributed by atoms with Crippen LogP contribution in [0, 0.1) is 12.8 Å². The molecule has 0 aromatic carbocycles. The van der Waals surface area contributed by atoms with Gasteiger partial charge in [-0.3, -0.25) is 4.79 Å². The number of nitrogens with zero attached hydrogens (tertiary/aromatic N) is 9. The molecule has 0 bridgehead atoms. The average Bonchev–Trinajstić information content (AvgIpc) is 3.58. The van der Waals surface area contributed by atoms with E-state index >= 15 is 0 Å². The summed E-state index contributed by atoms with van der Waals surface area (Å²) in [6, 6.07) is 7.62. The quantitative estimate of drug-likeness (QED) is 0.306. The number of piperidine rings is 1. The van der Waals surface area contributed by atoms with Gasteiger partial charge < -0.3 is 14.4 Å². The van der Waals surface area contributed by atoms with Crippen molar-refractivity contribution in [3.8, 4) is 23.0 Å². The van der Waals surface area contributed by atoms with Crippen molar-refractivity contribution in [2.24, 2.45) is 13.0 Å². The molecule has 0 N–H and O–H groups in total. The van der Waals surface area contributed by atoms with Crippen LogP contribution in [-0.4, -0.2) is 65.6 Å². The fourth-order valence-corrected chi connectivity index (χ4v) is 4.76. The summed E-state index contributed by atoms with van der Waals surface area (Å²) in [4.78, 5) is 25.0. The second-order valence-electron chi connectivity index (χ2n) is 9.23. The maximum absolute atomic E-state index is 12.0. The molecule has 1 aliphatic heterocycles. The van der Waals surface area contributed by atoms with E-state index in [-0.39, 0.29) is 18.5 Å². The van der Waals surface area contributed by atoms with E-state index in [9.17, 15) is 4.79 Å². The van der Waals surface area contributed by atoms with E-state index in [1.807, 2.05) is 27.0 Å². The molecule has 198 valence electrons. The highest BCUT2D eigenvalue weighted by atomic mass is 16.5. The van der Waals surface area contributed by atoms with Gasteiger partial charge in [-0.2, -0.15) is 15.0 Å². The number of carbonyl (C=O) groups excluding carboxylic acids is 1. The summed E-state index contributed by atoms with van der Waals surface area (Å²) in [6.45, 7) is 6.22. The topological polar surface area (TPSA) is 126 Å². The van der Waals surface area contributed by atoms with Crippen molar-refractivity contribution < 1.29 is 14.3 Å². The van der Waals surface area contributed by atoms with Gasteiger partial charge in [0.25, 0.3) is 0 Å². The standard InChI is InChI=1S/C26H31N9O3/c1-4-37-25(36)14-19-6-5-13-34(16-19)22-8-7-21(30-18(22)2)26-23(33(3)32-31-26)17-38-24-15-20(9-10-27-24)35-28-11-12-29-35/h7-12,15,19H,4-6,13-14,16-17H2,1-3H3. The SMILES string of the molecule is CCOC(=O)CC1CCCN(c2ccc(-c3nnn(C)c3COc3cc(-n4nccn4)ccn3)nc2C)C1. The Balaban J connectivity index is 1.30. The molecule has 12 nitrogen and oxygen atoms in total. The van der Waals surface area contributed by atoms with Crippen LogP contribution >= 0.6 is 0 Å². The van der Waals surface area contributed by atoms with Crippen molar-refractivity contribution in [2.45, 2.75) is 39.7 Å². The number of hydrogen-bond acceptors (Lipinski definition) is 10. The Bertz CT molecular complexity index is 1390. The predicted octanol–water partition coefficient (Wildman–Crippen LogP) is 2.91. The maximum Gasteiger partial charge on any atom is 0.306 e. The minimum Gasteiger partial charge on any atom is -0.471 e. The first kappa shape index (κ1) is 25.3. The first-order valence-electron chi connectivity index (χ1n) is 12.7. The van der Waals surface area contributed by atoms with E-state index in [2.05, 4.69) is 36.5 Å². The average molecular weight is 518 g/mol. The summed E-state index contributed by atoms with van der Waals surface area (Å²) < 4.78 is 12.8. The molecule has 38 heavy (non-hydrogen) atoms. The lowest BCUT2D eigenvalue weighted by atomic mass is 9.94. The Morgan fingerprint density at radius 1 is 1.16 bits per heavy atom. The Morgan fingerprint density at radius 2 is 2.00 bits per heavy atom. The van der Waals surface area contributed by atoms with Crippen molar-refractivity contribution in [1.82, 2.24) is 40.0 Å². The fraction of sp³-hybridized carbons (Fsp3) is 0.423. The Morgan fingerprint density at radius 3 is 2.79 bits per heavy atom. The zero-order valence-corrected chi connectivity index (χ0v) is 21.8. The van der Waals surface area contributed by atoms with Gasteiger partial charge in [-0.15, -0.1) is 5.10 Å². The van der Waals surface area contributed by atoms with E-state index in [1.165, 1.54) is 4.80 Å². The molecule has 1 saturated heterocycles. The smallest absolute Gasteiger partial charge is 0.306 e. The van der Waals surface area contributed by atoms with Crippen molar-refractivity contribution in [3.05, 3.63) is 54.2 Å². The Hall–Kier alpha value is -4.35. The molecule has 0 radical (unpaired) electrons. The molecule has 4 aromatic heterocycles. The van der Waals surface area contributed by atoms with E-state index in [0.717, 1.165) is 54.4 Å². The molecule has 12 heteroatoms. The number of ether oxygens (including phenoxy) is 2. The normalized spacial score (nSPS) is 15.4. The minimum absolute atomic E-state index is 0.123. The van der Waals surface area contributed by atoms with Crippen LogP contribution in [0.3, 0.4) is 0 Å². The second kappa shape index (κ2) is 11.4. The van der Waals surface area contributed by atoms with Crippen LogP contribution in [0.4, 0.5) is 5.69 Å². The predicted molar refractivity (Wildman–Crippen MR) is 139 cm³/mol. The highest BCUT2D eigenvalue weighted by Gasteiger charge is 2.25. The van der Waals surface area contributed by atoms with Gasteiger partial charge in [-0.25, -0.2) is 14.6 Å². The fourth-order valence-electron chi connectivity index (χ4n) is 4.76. The van der Waals surface area contributed by atoms with E-state index < -0.39 is 0 Å². The van der Waals surface area contributed by atoms with Crippen LogP contribution in [0.1, 0.15) is 37.6 Å². The molecule has 0 spiro atoms. The first-order valence-corrected chi connectivity index (χ1v) is 12.7. The molecule has 5 rings (SSSR count). The molecule has 1 atom stereocenters. The first-order chi connectivity index (χ1) is 18.5. The van der Waals surface area contributed by atoms with Gasteiger partial charge in [-0.05, 0) is 50.8 Å². The molecular formula is C26H31N9O3. The van der Waals surface area contributed by atoms with Gasteiger partial charge >= 0.3 is 5.97 Å². The summed E-state index contributed by atoms with van der Waals surface area (Å²) in [5.41, 5.74) is 4.88. The summed E-state index contributed by atoms with van der Waals surface area (Å²) in [5, 5.41) is 16.9. The lowest BCUT2D eigenvalue weighted by Crippen LogP contribution is -2.37. The lowest BCUT2D eigenvalue weighted by Gasteiger charge is -2.34. The van der Waals surface area contributed by atoms with Crippen molar-refractivity contribution in [3.63, 3.8) is 0 Å². The van der Waals surface area contributed by atoms with Crippen LogP contribution in [0.5, 0.6) is 5.88 Å². The zero-order chi connectivity index (χ0) is 26.5. The molecule has 1 unspecified atom stereocenters. The number of hydrogen-bond donors (Lipinski definition) is 0. The van der Waals surface area contributed by atoms with Crippen LogP contribution in [0.25, 0.3) is 17.1 Å².